The summed E-state index contributed by atoms with van der Waals surface area (Å²) in [7, 11) is 0. The summed E-state index contributed by atoms with van der Waals surface area (Å²) < 4.78 is 0. The molecular weight excluding hydrogens is 208 g/mol. The number of hydrogen-bond acceptors (Lipinski definition) is 2. The fraction of sp³-hybridized carbons (Fsp3) is 1.00. The van der Waals surface area contributed by atoms with Crippen molar-refractivity contribution in [2.24, 2.45) is 5.41 Å². The van der Waals surface area contributed by atoms with E-state index in [1.165, 1.54) is 45.4 Å². The molecule has 17 heavy (non-hydrogen) atoms. The Morgan fingerprint density at radius 2 is 1.59 bits per heavy atom. The quantitative estimate of drug-likeness (QED) is 0.693. The van der Waals surface area contributed by atoms with Crippen molar-refractivity contribution in [2.45, 2.75) is 65.5 Å². The van der Waals surface area contributed by atoms with Gasteiger partial charge in [0.05, 0.1) is 0 Å². The van der Waals surface area contributed by atoms with Gasteiger partial charge in [-0.05, 0) is 45.4 Å². The van der Waals surface area contributed by atoms with E-state index in [-0.39, 0.29) is 0 Å². The van der Waals surface area contributed by atoms with Crippen molar-refractivity contribution in [1.29, 1.82) is 0 Å². The van der Waals surface area contributed by atoms with Crippen LogP contribution in [0.4, 0.5) is 0 Å². The van der Waals surface area contributed by atoms with Crippen LogP contribution >= 0.6 is 0 Å². The van der Waals surface area contributed by atoms with E-state index in [0.29, 0.717) is 11.0 Å². The summed E-state index contributed by atoms with van der Waals surface area (Å²) in [4.78, 5) is 5.38. The first kappa shape index (κ1) is 13.4. The van der Waals surface area contributed by atoms with Gasteiger partial charge in [-0.3, -0.25) is 9.80 Å². The fourth-order valence-electron chi connectivity index (χ4n) is 3.47. The smallest absolute Gasteiger partial charge is 0.0126 e. The second-order valence-corrected chi connectivity index (χ2v) is 7.75. The Bertz CT molecular complexity index is 257. The number of rotatable bonds is 1. The van der Waals surface area contributed by atoms with E-state index >= 15 is 0 Å². The van der Waals surface area contributed by atoms with Crippen LogP contribution in [0, 0.1) is 5.41 Å². The Morgan fingerprint density at radius 1 is 1.00 bits per heavy atom. The topological polar surface area (TPSA) is 6.48 Å². The van der Waals surface area contributed by atoms with Gasteiger partial charge in [0.15, 0.2) is 0 Å². The van der Waals surface area contributed by atoms with Gasteiger partial charge < -0.3 is 0 Å². The lowest BCUT2D eigenvalue weighted by atomic mass is 9.91. The zero-order valence-corrected chi connectivity index (χ0v) is 12.4. The molecule has 1 aliphatic heterocycles. The highest BCUT2D eigenvalue weighted by Crippen LogP contribution is 2.39. The van der Waals surface area contributed by atoms with Crippen molar-refractivity contribution >= 4 is 0 Å². The fourth-order valence-corrected chi connectivity index (χ4v) is 3.47. The van der Waals surface area contributed by atoms with Crippen LogP contribution in [0.1, 0.15) is 53.9 Å². The van der Waals surface area contributed by atoms with Gasteiger partial charge in [0, 0.05) is 37.8 Å². The lowest BCUT2D eigenvalue weighted by Crippen LogP contribution is -2.55. The Hall–Kier alpha value is -0.0800. The van der Waals surface area contributed by atoms with Crippen molar-refractivity contribution < 1.29 is 0 Å². The average molecular weight is 238 g/mol. The molecule has 1 atom stereocenters. The minimum atomic E-state index is 0.348. The predicted octanol–water partition coefficient (Wildman–Crippen LogP) is 2.98. The molecule has 2 aliphatic rings. The summed E-state index contributed by atoms with van der Waals surface area (Å²) in [5.74, 6) is 0. The first-order valence-electron chi connectivity index (χ1n) is 7.27. The molecule has 0 radical (unpaired) electrons. The molecule has 100 valence electrons. The van der Waals surface area contributed by atoms with Crippen LogP contribution in [-0.4, -0.2) is 47.6 Å². The molecule has 0 aromatic carbocycles. The Balaban J connectivity index is 1.84. The van der Waals surface area contributed by atoms with Gasteiger partial charge in [0.2, 0.25) is 0 Å². The third-order valence-electron chi connectivity index (χ3n) is 4.72. The van der Waals surface area contributed by atoms with Gasteiger partial charge in [-0.2, -0.15) is 0 Å². The molecule has 0 N–H and O–H groups in total. The van der Waals surface area contributed by atoms with Gasteiger partial charge in [-0.15, -0.1) is 0 Å². The van der Waals surface area contributed by atoms with Gasteiger partial charge in [-0.25, -0.2) is 0 Å². The van der Waals surface area contributed by atoms with Crippen molar-refractivity contribution in [3.8, 4) is 0 Å². The second kappa shape index (κ2) is 4.55. The molecule has 2 fully saturated rings. The molecule has 1 saturated heterocycles. The first-order chi connectivity index (χ1) is 7.78. The normalized spacial score (nSPS) is 31.9. The van der Waals surface area contributed by atoms with Crippen LogP contribution in [0.2, 0.25) is 0 Å². The Kier molecular flexibility index (Phi) is 3.57. The van der Waals surface area contributed by atoms with E-state index in [1.54, 1.807) is 0 Å². The monoisotopic (exact) mass is 238 g/mol. The van der Waals surface area contributed by atoms with Crippen molar-refractivity contribution in [1.82, 2.24) is 9.80 Å². The van der Waals surface area contributed by atoms with Crippen LogP contribution in [0.3, 0.4) is 0 Å². The summed E-state index contributed by atoms with van der Waals surface area (Å²) in [6.45, 7) is 16.9. The molecule has 0 spiro atoms. The van der Waals surface area contributed by atoms with Crippen molar-refractivity contribution in [2.75, 3.05) is 26.2 Å². The van der Waals surface area contributed by atoms with Crippen LogP contribution in [0.25, 0.3) is 0 Å². The minimum absolute atomic E-state index is 0.348. The summed E-state index contributed by atoms with van der Waals surface area (Å²) in [5, 5.41) is 0. The SMILES string of the molecule is CC1(C)CCC(N2CCN(C(C)(C)C)CC2)C1. The molecule has 2 rings (SSSR count). The third-order valence-corrected chi connectivity index (χ3v) is 4.72. The molecule has 2 heteroatoms. The highest BCUT2D eigenvalue weighted by molar-refractivity contribution is 4.91. The third kappa shape index (κ3) is 3.23. The lowest BCUT2D eigenvalue weighted by Gasteiger charge is -2.44. The zero-order valence-electron chi connectivity index (χ0n) is 12.4. The number of hydrogen-bond donors (Lipinski definition) is 0. The van der Waals surface area contributed by atoms with E-state index in [1.807, 2.05) is 0 Å². The standard InChI is InChI=1S/C15H30N2/c1-14(2,3)17-10-8-16(9-11-17)13-6-7-15(4,5)12-13/h13H,6-12H2,1-5H3. The van der Waals surface area contributed by atoms with Gasteiger partial charge in [0.1, 0.15) is 0 Å². The highest BCUT2D eigenvalue weighted by Gasteiger charge is 2.36. The molecule has 1 saturated carbocycles. The van der Waals surface area contributed by atoms with Gasteiger partial charge in [-0.1, -0.05) is 13.8 Å². The number of piperazine rings is 1. The van der Waals surface area contributed by atoms with E-state index in [0.717, 1.165) is 6.04 Å². The average Bonchev–Trinajstić information content (AvgIpc) is 2.58. The molecule has 2 nitrogen and oxygen atoms in total. The van der Waals surface area contributed by atoms with E-state index in [9.17, 15) is 0 Å². The van der Waals surface area contributed by atoms with Crippen LogP contribution < -0.4 is 0 Å². The summed E-state index contributed by atoms with van der Waals surface area (Å²) >= 11 is 0. The predicted molar refractivity (Wildman–Crippen MR) is 74.3 cm³/mol. The summed E-state index contributed by atoms with van der Waals surface area (Å²) in [5.41, 5.74) is 0.937. The van der Waals surface area contributed by atoms with E-state index in [4.69, 9.17) is 0 Å². The highest BCUT2D eigenvalue weighted by atomic mass is 15.3. The van der Waals surface area contributed by atoms with Crippen LogP contribution in [-0.2, 0) is 0 Å². The first-order valence-corrected chi connectivity index (χ1v) is 7.27. The molecule has 0 aromatic rings. The molecular formula is C15H30N2. The van der Waals surface area contributed by atoms with Crippen molar-refractivity contribution in [3.63, 3.8) is 0 Å². The van der Waals surface area contributed by atoms with E-state index in [2.05, 4.69) is 44.4 Å². The molecule has 0 bridgehead atoms. The Morgan fingerprint density at radius 3 is 2.00 bits per heavy atom. The molecule has 0 amide bonds. The van der Waals surface area contributed by atoms with Crippen molar-refractivity contribution in [3.05, 3.63) is 0 Å². The maximum Gasteiger partial charge on any atom is 0.0126 e. The maximum atomic E-state index is 2.75. The summed E-state index contributed by atoms with van der Waals surface area (Å²) in [6, 6.07) is 0.868. The molecule has 1 aliphatic carbocycles. The number of nitrogens with zero attached hydrogens (tertiary/aromatic N) is 2. The van der Waals surface area contributed by atoms with E-state index < -0.39 is 0 Å². The van der Waals surface area contributed by atoms with Crippen LogP contribution in [0.15, 0.2) is 0 Å². The summed E-state index contributed by atoms with van der Waals surface area (Å²) in [6.07, 6.45) is 4.24. The molecule has 0 aromatic heterocycles. The minimum Gasteiger partial charge on any atom is -0.298 e. The Labute approximate surface area is 107 Å². The zero-order chi connectivity index (χ0) is 12.7. The van der Waals surface area contributed by atoms with Crippen LogP contribution in [0.5, 0.6) is 0 Å². The maximum absolute atomic E-state index is 2.75. The lowest BCUT2D eigenvalue weighted by molar-refractivity contribution is 0.0412. The van der Waals surface area contributed by atoms with Gasteiger partial charge in [0.25, 0.3) is 0 Å². The molecule has 1 unspecified atom stereocenters. The largest absolute Gasteiger partial charge is 0.298 e. The molecule has 1 heterocycles. The van der Waals surface area contributed by atoms with Gasteiger partial charge >= 0.3 is 0 Å². The second-order valence-electron chi connectivity index (χ2n) is 7.75.